The second-order valence-electron chi connectivity index (χ2n) is 10.8. The first kappa shape index (κ1) is 17.3. The van der Waals surface area contributed by atoms with Gasteiger partial charge in [0.25, 0.3) is 0 Å². The van der Waals surface area contributed by atoms with Crippen LogP contribution in [-0.4, -0.2) is 87.7 Å². The van der Waals surface area contributed by atoms with E-state index in [0.717, 1.165) is 24.2 Å². The predicted octanol–water partition coefficient (Wildman–Crippen LogP) is 2.45. The van der Waals surface area contributed by atoms with E-state index < -0.39 is 0 Å². The molecule has 0 aliphatic carbocycles. The Kier molecular flexibility index (Phi) is 4.08. The molecule has 0 aromatic rings. The minimum absolute atomic E-state index is 0.332. The van der Waals surface area contributed by atoms with Crippen LogP contribution < -0.4 is 0 Å². The molecule has 5 saturated heterocycles. The first-order chi connectivity index (χ1) is 11.1. The van der Waals surface area contributed by atoms with Gasteiger partial charge in [0.2, 0.25) is 0 Å². The molecule has 5 rings (SSSR count). The Morgan fingerprint density at radius 1 is 0.708 bits per heavy atom. The van der Waals surface area contributed by atoms with Gasteiger partial charge >= 0.3 is 0 Å². The van der Waals surface area contributed by atoms with E-state index in [4.69, 9.17) is 0 Å². The second kappa shape index (κ2) is 5.67. The summed E-state index contributed by atoms with van der Waals surface area (Å²) in [6, 6.07) is 3.19. The van der Waals surface area contributed by atoms with E-state index in [0.29, 0.717) is 11.1 Å². The normalized spacial score (nSPS) is 39.2. The van der Waals surface area contributed by atoms with Crippen LogP contribution in [0, 0.1) is 0 Å². The Morgan fingerprint density at radius 3 is 1.71 bits per heavy atom. The van der Waals surface area contributed by atoms with Gasteiger partial charge in [0.15, 0.2) is 0 Å². The van der Waals surface area contributed by atoms with Crippen LogP contribution in [0.25, 0.3) is 0 Å². The van der Waals surface area contributed by atoms with Crippen molar-refractivity contribution in [2.75, 3.05) is 32.8 Å². The first-order valence-electron chi connectivity index (χ1n) is 10.1. The Morgan fingerprint density at radius 2 is 1.25 bits per heavy atom. The van der Waals surface area contributed by atoms with Crippen LogP contribution in [-0.2, 0) is 0 Å². The lowest BCUT2D eigenvalue weighted by Gasteiger charge is -2.60. The summed E-state index contributed by atoms with van der Waals surface area (Å²) in [5.41, 5.74) is 0.666. The van der Waals surface area contributed by atoms with Crippen molar-refractivity contribution < 1.29 is 0 Å². The zero-order chi connectivity index (χ0) is 17.3. The molecule has 4 nitrogen and oxygen atoms in total. The Bertz CT molecular complexity index is 451. The maximum Gasteiger partial charge on any atom is 0.0514 e. The highest BCUT2D eigenvalue weighted by Crippen LogP contribution is 2.38. The van der Waals surface area contributed by atoms with Gasteiger partial charge in [0.05, 0.1) is 6.67 Å². The van der Waals surface area contributed by atoms with Gasteiger partial charge in [0, 0.05) is 61.4 Å². The number of piperidine rings is 1. The van der Waals surface area contributed by atoms with Crippen LogP contribution in [0.4, 0.5) is 0 Å². The molecular weight excluding hydrogens is 296 g/mol. The number of nitrogens with zero attached hydrogens (tertiary/aromatic N) is 4. The van der Waals surface area contributed by atoms with Crippen LogP contribution in [0.2, 0.25) is 0 Å². The maximum atomic E-state index is 2.82. The van der Waals surface area contributed by atoms with Gasteiger partial charge in [0.1, 0.15) is 0 Å². The van der Waals surface area contributed by atoms with Crippen LogP contribution in [0.5, 0.6) is 0 Å². The quantitative estimate of drug-likeness (QED) is 0.769. The van der Waals surface area contributed by atoms with Gasteiger partial charge in [-0.2, -0.15) is 0 Å². The smallest absolute Gasteiger partial charge is 0.0514 e. The highest BCUT2D eigenvalue weighted by atomic mass is 15.5. The Hall–Kier alpha value is -0.160. The van der Waals surface area contributed by atoms with E-state index in [9.17, 15) is 0 Å². The molecule has 0 aromatic heterocycles. The molecule has 138 valence electrons. The van der Waals surface area contributed by atoms with Crippen molar-refractivity contribution >= 4 is 0 Å². The van der Waals surface area contributed by atoms with Gasteiger partial charge in [-0.05, 0) is 60.8 Å². The molecule has 24 heavy (non-hydrogen) atoms. The van der Waals surface area contributed by atoms with Crippen LogP contribution in [0.3, 0.4) is 0 Å². The van der Waals surface area contributed by atoms with E-state index >= 15 is 0 Å². The Labute approximate surface area is 149 Å². The average molecular weight is 335 g/mol. The zero-order valence-electron chi connectivity index (χ0n) is 16.8. The molecular formula is C20H38N4. The van der Waals surface area contributed by atoms with E-state index in [1.807, 2.05) is 0 Å². The third-order valence-corrected chi connectivity index (χ3v) is 6.99. The van der Waals surface area contributed by atoms with Crippen molar-refractivity contribution in [2.24, 2.45) is 0 Å². The molecule has 0 spiro atoms. The monoisotopic (exact) mass is 334 g/mol. The van der Waals surface area contributed by atoms with Crippen LogP contribution >= 0.6 is 0 Å². The van der Waals surface area contributed by atoms with E-state index in [2.05, 4.69) is 61.1 Å². The average Bonchev–Trinajstić information content (AvgIpc) is 2.76. The lowest BCUT2D eigenvalue weighted by molar-refractivity contribution is -0.126. The highest BCUT2D eigenvalue weighted by molar-refractivity contribution is 5.05. The van der Waals surface area contributed by atoms with Gasteiger partial charge in [-0.25, -0.2) is 0 Å². The first-order valence-corrected chi connectivity index (χ1v) is 10.1. The van der Waals surface area contributed by atoms with E-state index in [1.54, 1.807) is 0 Å². The van der Waals surface area contributed by atoms with E-state index in [1.165, 1.54) is 52.1 Å². The van der Waals surface area contributed by atoms with E-state index in [-0.39, 0.29) is 0 Å². The molecule has 4 unspecified atom stereocenters. The molecule has 0 aromatic carbocycles. The molecule has 4 heteroatoms. The Balaban J connectivity index is 1.35. The molecule has 0 radical (unpaired) electrons. The molecule has 5 aliphatic heterocycles. The van der Waals surface area contributed by atoms with Crippen molar-refractivity contribution in [1.82, 2.24) is 19.6 Å². The lowest BCUT2D eigenvalue weighted by Crippen LogP contribution is -2.73. The minimum atomic E-state index is 0.332. The molecule has 5 fully saturated rings. The summed E-state index contributed by atoms with van der Waals surface area (Å²) in [6.45, 7) is 20.6. The fraction of sp³-hybridized carbons (Fsp3) is 1.00. The van der Waals surface area contributed by atoms with Gasteiger partial charge in [-0.3, -0.25) is 19.6 Å². The summed E-state index contributed by atoms with van der Waals surface area (Å²) in [5, 5.41) is 0. The lowest BCUT2D eigenvalue weighted by atomic mass is 9.85. The molecule has 4 atom stereocenters. The van der Waals surface area contributed by atoms with Crippen molar-refractivity contribution in [3.8, 4) is 0 Å². The molecule has 0 saturated carbocycles. The zero-order valence-corrected chi connectivity index (χ0v) is 16.8. The SMILES string of the molecule is CC(C)(C)N1CC2CC(C1)N2CN1CC2CCC(C1)N2C(C)(C)C. The second-order valence-corrected chi connectivity index (χ2v) is 10.8. The summed E-state index contributed by atoms with van der Waals surface area (Å²) >= 11 is 0. The van der Waals surface area contributed by atoms with Crippen molar-refractivity contribution in [1.29, 1.82) is 0 Å². The molecule has 5 heterocycles. The van der Waals surface area contributed by atoms with Crippen molar-refractivity contribution in [3.63, 3.8) is 0 Å². The number of fused-ring (bicyclic) bond motifs is 4. The summed E-state index contributed by atoms with van der Waals surface area (Å²) in [7, 11) is 0. The number of hydrogen-bond acceptors (Lipinski definition) is 4. The largest absolute Gasteiger partial charge is 0.295 e. The summed E-state index contributed by atoms with van der Waals surface area (Å²) in [6.07, 6.45) is 4.24. The molecule has 0 amide bonds. The molecule has 5 aliphatic rings. The minimum Gasteiger partial charge on any atom is -0.295 e. The topological polar surface area (TPSA) is 13.0 Å². The number of piperazine rings is 2. The number of hydrogen-bond donors (Lipinski definition) is 0. The van der Waals surface area contributed by atoms with Gasteiger partial charge in [-0.1, -0.05) is 0 Å². The van der Waals surface area contributed by atoms with Crippen molar-refractivity contribution in [3.05, 3.63) is 0 Å². The van der Waals surface area contributed by atoms with Gasteiger partial charge in [-0.15, -0.1) is 0 Å². The predicted molar refractivity (Wildman–Crippen MR) is 100 cm³/mol. The number of rotatable bonds is 2. The molecule has 4 bridgehead atoms. The number of likely N-dealkylation sites (tertiary alicyclic amines) is 1. The molecule has 0 N–H and O–H groups in total. The summed E-state index contributed by atoms with van der Waals surface area (Å²) in [5.74, 6) is 0. The van der Waals surface area contributed by atoms with Crippen LogP contribution in [0.15, 0.2) is 0 Å². The fourth-order valence-corrected chi connectivity index (χ4v) is 5.90. The van der Waals surface area contributed by atoms with Gasteiger partial charge < -0.3 is 0 Å². The third kappa shape index (κ3) is 2.94. The highest BCUT2D eigenvalue weighted by Gasteiger charge is 2.49. The maximum absolute atomic E-state index is 2.82. The standard InChI is InChI=1S/C20H38N4/c1-19(2,3)22-12-17-9-18(13-22)23(17)14-21-10-15-7-8-16(11-21)24(15)20(4,5)6/h15-18H,7-14H2,1-6H3. The van der Waals surface area contributed by atoms with Crippen LogP contribution in [0.1, 0.15) is 60.8 Å². The van der Waals surface area contributed by atoms with Crippen molar-refractivity contribution in [2.45, 2.75) is 96.1 Å². The third-order valence-electron chi connectivity index (χ3n) is 6.99. The fourth-order valence-electron chi connectivity index (χ4n) is 5.90. The summed E-state index contributed by atoms with van der Waals surface area (Å²) in [4.78, 5) is 11.1. The summed E-state index contributed by atoms with van der Waals surface area (Å²) < 4.78 is 0.